The summed E-state index contributed by atoms with van der Waals surface area (Å²) in [4.78, 5) is 2.43. The predicted octanol–water partition coefficient (Wildman–Crippen LogP) is 3.44. The molecule has 0 aliphatic heterocycles. The molecule has 2 rings (SSSR count). The highest BCUT2D eigenvalue weighted by atomic mass is 16.5. The van der Waals surface area contributed by atoms with E-state index in [0.29, 0.717) is 6.54 Å². The van der Waals surface area contributed by atoms with Crippen molar-refractivity contribution in [2.45, 2.75) is 38.6 Å². The van der Waals surface area contributed by atoms with Crippen LogP contribution in [0, 0.1) is 0 Å². The van der Waals surface area contributed by atoms with E-state index >= 15 is 0 Å². The van der Waals surface area contributed by atoms with E-state index in [1.807, 2.05) is 0 Å². The van der Waals surface area contributed by atoms with Crippen LogP contribution in [-0.2, 0) is 17.8 Å². The number of nitrogens with zero attached hydrogens (tertiary/aromatic N) is 1. The zero-order valence-corrected chi connectivity index (χ0v) is 14.2. The molecule has 2 N–H and O–H groups in total. The first kappa shape index (κ1) is 17.7. The number of ether oxygens (including phenoxy) is 1. The van der Waals surface area contributed by atoms with E-state index in [9.17, 15) is 0 Å². The summed E-state index contributed by atoms with van der Waals surface area (Å²) >= 11 is 0. The van der Waals surface area contributed by atoms with Crippen molar-refractivity contribution in [3.05, 3.63) is 71.8 Å². The van der Waals surface area contributed by atoms with Gasteiger partial charge in [0.25, 0.3) is 0 Å². The molecule has 0 heterocycles. The van der Waals surface area contributed by atoms with E-state index in [1.54, 1.807) is 7.11 Å². The molecule has 0 aromatic heterocycles. The third-order valence-electron chi connectivity index (χ3n) is 4.30. The van der Waals surface area contributed by atoms with Gasteiger partial charge in [-0.1, -0.05) is 67.6 Å². The summed E-state index contributed by atoms with van der Waals surface area (Å²) in [5.74, 6) is 0. The lowest BCUT2D eigenvalue weighted by Crippen LogP contribution is -2.48. The molecule has 0 aliphatic carbocycles. The van der Waals surface area contributed by atoms with Gasteiger partial charge in [0, 0.05) is 32.8 Å². The molecule has 2 aromatic carbocycles. The fourth-order valence-corrected chi connectivity index (χ4v) is 3.06. The van der Waals surface area contributed by atoms with Crippen LogP contribution in [0.4, 0.5) is 0 Å². The second kappa shape index (κ2) is 9.46. The fourth-order valence-electron chi connectivity index (χ4n) is 3.06. The molecule has 0 bridgehead atoms. The predicted molar refractivity (Wildman–Crippen MR) is 96.1 cm³/mol. The van der Waals surface area contributed by atoms with E-state index in [0.717, 1.165) is 19.5 Å². The summed E-state index contributed by atoms with van der Waals surface area (Å²) in [5.41, 5.74) is 8.71. The Labute approximate surface area is 140 Å². The third-order valence-corrected chi connectivity index (χ3v) is 4.30. The van der Waals surface area contributed by atoms with Gasteiger partial charge in [0.05, 0.1) is 6.10 Å². The lowest BCUT2D eigenvalue weighted by Gasteiger charge is -2.35. The number of nitrogens with two attached hydrogens (primary N) is 1. The molecule has 0 saturated carbocycles. The van der Waals surface area contributed by atoms with Crippen molar-refractivity contribution in [3.63, 3.8) is 0 Å². The third kappa shape index (κ3) is 5.17. The molecule has 2 aromatic rings. The van der Waals surface area contributed by atoms with E-state index in [2.05, 4.69) is 72.5 Å². The Kier molecular flexibility index (Phi) is 7.27. The fraction of sp³-hybridized carbons (Fsp3) is 0.400. The average Bonchev–Trinajstić information content (AvgIpc) is 2.61. The maximum atomic E-state index is 6.11. The van der Waals surface area contributed by atoms with Crippen LogP contribution < -0.4 is 5.73 Å². The van der Waals surface area contributed by atoms with Crippen molar-refractivity contribution in [3.8, 4) is 0 Å². The number of benzene rings is 2. The van der Waals surface area contributed by atoms with Crippen LogP contribution in [0.2, 0.25) is 0 Å². The molecule has 0 aliphatic rings. The smallest absolute Gasteiger partial charge is 0.0736 e. The Morgan fingerprint density at radius 2 is 1.39 bits per heavy atom. The molecule has 124 valence electrons. The molecular formula is C20H28N2O. The van der Waals surface area contributed by atoms with Crippen LogP contribution >= 0.6 is 0 Å². The van der Waals surface area contributed by atoms with Gasteiger partial charge in [0.15, 0.2) is 0 Å². The molecule has 0 saturated heterocycles. The number of hydrogen-bond donors (Lipinski definition) is 1. The summed E-state index contributed by atoms with van der Waals surface area (Å²) in [6.07, 6.45) is 1.10. The number of hydrogen-bond acceptors (Lipinski definition) is 3. The van der Waals surface area contributed by atoms with Gasteiger partial charge in [-0.2, -0.15) is 0 Å². The molecule has 23 heavy (non-hydrogen) atoms. The average molecular weight is 312 g/mol. The molecule has 3 nitrogen and oxygen atoms in total. The molecule has 3 heteroatoms. The minimum Gasteiger partial charge on any atom is -0.380 e. The number of methoxy groups -OCH3 is 1. The molecular weight excluding hydrogens is 284 g/mol. The topological polar surface area (TPSA) is 38.5 Å². The summed E-state index contributed by atoms with van der Waals surface area (Å²) in [6, 6.07) is 21.3. The van der Waals surface area contributed by atoms with Gasteiger partial charge in [0.2, 0.25) is 0 Å². The molecule has 0 fully saturated rings. The Morgan fingerprint density at radius 1 is 0.913 bits per heavy atom. The van der Waals surface area contributed by atoms with Gasteiger partial charge < -0.3 is 10.5 Å². The number of rotatable bonds is 9. The maximum absolute atomic E-state index is 6.11. The van der Waals surface area contributed by atoms with Crippen LogP contribution in [0.3, 0.4) is 0 Å². The van der Waals surface area contributed by atoms with Crippen molar-refractivity contribution in [1.29, 1.82) is 0 Å². The van der Waals surface area contributed by atoms with E-state index in [-0.39, 0.29) is 12.1 Å². The van der Waals surface area contributed by atoms with Crippen LogP contribution in [0.15, 0.2) is 60.7 Å². The lowest BCUT2D eigenvalue weighted by atomic mass is 10.0. The Morgan fingerprint density at radius 3 is 1.74 bits per heavy atom. The van der Waals surface area contributed by atoms with Crippen molar-refractivity contribution in [2.24, 2.45) is 5.73 Å². The van der Waals surface area contributed by atoms with E-state index < -0.39 is 0 Å². The lowest BCUT2D eigenvalue weighted by molar-refractivity contribution is 0.00825. The van der Waals surface area contributed by atoms with Gasteiger partial charge >= 0.3 is 0 Å². The molecule has 0 spiro atoms. The Hall–Kier alpha value is -1.68. The van der Waals surface area contributed by atoms with Crippen molar-refractivity contribution >= 4 is 0 Å². The molecule has 2 unspecified atom stereocenters. The van der Waals surface area contributed by atoms with Crippen LogP contribution in [0.25, 0.3) is 0 Å². The van der Waals surface area contributed by atoms with Crippen molar-refractivity contribution in [2.75, 3.05) is 13.7 Å². The van der Waals surface area contributed by atoms with Gasteiger partial charge in [-0.15, -0.1) is 0 Å². The zero-order chi connectivity index (χ0) is 16.5. The normalized spacial score (nSPS) is 13.9. The summed E-state index contributed by atoms with van der Waals surface area (Å²) in [6.45, 7) is 4.49. The molecule has 2 atom stereocenters. The highest BCUT2D eigenvalue weighted by molar-refractivity contribution is 5.17. The van der Waals surface area contributed by atoms with Crippen LogP contribution in [-0.4, -0.2) is 30.7 Å². The second-order valence-electron chi connectivity index (χ2n) is 5.86. The van der Waals surface area contributed by atoms with Crippen molar-refractivity contribution in [1.82, 2.24) is 4.90 Å². The minimum absolute atomic E-state index is 0.146. The summed E-state index contributed by atoms with van der Waals surface area (Å²) < 4.78 is 5.69. The first-order valence-corrected chi connectivity index (χ1v) is 8.33. The molecule has 0 amide bonds. The van der Waals surface area contributed by atoms with E-state index in [4.69, 9.17) is 10.5 Å². The summed E-state index contributed by atoms with van der Waals surface area (Å²) in [7, 11) is 1.78. The monoisotopic (exact) mass is 312 g/mol. The van der Waals surface area contributed by atoms with Gasteiger partial charge in [-0.3, -0.25) is 4.90 Å². The summed E-state index contributed by atoms with van der Waals surface area (Å²) in [5, 5.41) is 0. The van der Waals surface area contributed by atoms with E-state index in [1.165, 1.54) is 11.1 Å². The Balaban J connectivity index is 2.22. The standard InChI is InChI=1S/C20H28N2O/c1-3-20(23-2)19(14-21)22(15-17-10-6-4-7-11-17)16-18-12-8-5-9-13-18/h4-13,19-20H,3,14-16,21H2,1-2H3. The van der Waals surface area contributed by atoms with Crippen molar-refractivity contribution < 1.29 is 4.74 Å². The van der Waals surface area contributed by atoms with Crippen LogP contribution in [0.1, 0.15) is 24.5 Å². The van der Waals surface area contributed by atoms with Crippen LogP contribution in [0.5, 0.6) is 0 Å². The SMILES string of the molecule is CCC(OC)C(CN)N(Cc1ccccc1)Cc1ccccc1. The van der Waals surface area contributed by atoms with Gasteiger partial charge in [0.1, 0.15) is 0 Å². The second-order valence-corrected chi connectivity index (χ2v) is 5.86. The largest absolute Gasteiger partial charge is 0.380 e. The Bertz CT molecular complexity index is 499. The van der Waals surface area contributed by atoms with Gasteiger partial charge in [-0.05, 0) is 17.5 Å². The first-order chi connectivity index (χ1) is 11.3. The first-order valence-electron chi connectivity index (χ1n) is 8.33. The van der Waals surface area contributed by atoms with Gasteiger partial charge in [-0.25, -0.2) is 0 Å². The highest BCUT2D eigenvalue weighted by Crippen LogP contribution is 2.18. The molecule has 0 radical (unpaired) electrons. The highest BCUT2D eigenvalue weighted by Gasteiger charge is 2.25. The maximum Gasteiger partial charge on any atom is 0.0736 e. The quantitative estimate of drug-likeness (QED) is 0.771. The zero-order valence-electron chi connectivity index (χ0n) is 14.2. The minimum atomic E-state index is 0.146.